The molecule has 0 spiro atoms. The summed E-state index contributed by atoms with van der Waals surface area (Å²) in [6, 6.07) is 8.08. The van der Waals surface area contributed by atoms with E-state index in [9.17, 15) is 4.79 Å². The molecule has 0 aromatic carbocycles. The van der Waals surface area contributed by atoms with Crippen LogP contribution in [-0.2, 0) is 0 Å². The smallest absolute Gasteiger partial charge is 0.274 e. The molecule has 1 fully saturated rings. The molecular formula is C18H17N5O. The second-order valence-electron chi connectivity index (χ2n) is 5.94. The highest BCUT2D eigenvalue weighted by Crippen LogP contribution is 2.28. The van der Waals surface area contributed by atoms with E-state index < -0.39 is 0 Å². The lowest BCUT2D eigenvalue weighted by atomic mass is 9.92. The van der Waals surface area contributed by atoms with Gasteiger partial charge in [-0.1, -0.05) is 0 Å². The number of nitrogens with zero attached hydrogens (tertiary/aromatic N) is 5. The van der Waals surface area contributed by atoms with Crippen molar-refractivity contribution < 1.29 is 4.79 Å². The van der Waals surface area contributed by atoms with Gasteiger partial charge in [-0.15, -0.1) is 0 Å². The molecule has 3 aromatic heterocycles. The molecule has 1 aliphatic rings. The molecule has 3 aromatic rings. The van der Waals surface area contributed by atoms with Crippen LogP contribution in [0.5, 0.6) is 0 Å². The monoisotopic (exact) mass is 319 g/mol. The van der Waals surface area contributed by atoms with Gasteiger partial charge < -0.3 is 4.90 Å². The number of piperidine rings is 1. The summed E-state index contributed by atoms with van der Waals surface area (Å²) in [6.45, 7) is 1.42. The molecule has 120 valence electrons. The lowest BCUT2D eigenvalue weighted by molar-refractivity contribution is 0.0705. The Bertz CT molecular complexity index is 859. The molecule has 1 saturated heterocycles. The van der Waals surface area contributed by atoms with Gasteiger partial charge in [0.25, 0.3) is 5.91 Å². The fraction of sp³-hybridized carbons (Fsp3) is 0.278. The maximum Gasteiger partial charge on any atom is 0.274 e. The molecule has 0 atom stereocenters. The average molecular weight is 319 g/mol. The molecule has 1 aliphatic heterocycles. The third kappa shape index (κ3) is 2.82. The van der Waals surface area contributed by atoms with Crippen molar-refractivity contribution in [3.8, 4) is 0 Å². The van der Waals surface area contributed by atoms with Gasteiger partial charge in [0.15, 0.2) is 5.65 Å². The number of aromatic nitrogens is 4. The molecule has 4 rings (SSSR count). The van der Waals surface area contributed by atoms with Crippen molar-refractivity contribution >= 4 is 16.9 Å². The van der Waals surface area contributed by atoms with E-state index in [1.807, 2.05) is 17.0 Å². The Balaban J connectivity index is 1.46. The summed E-state index contributed by atoms with van der Waals surface area (Å²) >= 11 is 0. The topological polar surface area (TPSA) is 71.9 Å². The van der Waals surface area contributed by atoms with E-state index in [0.29, 0.717) is 24.7 Å². The largest absolute Gasteiger partial charge is 0.337 e. The Morgan fingerprint density at radius 1 is 1.04 bits per heavy atom. The summed E-state index contributed by atoms with van der Waals surface area (Å²) in [5.41, 5.74) is 2.25. The summed E-state index contributed by atoms with van der Waals surface area (Å²) in [4.78, 5) is 31.3. The first kappa shape index (κ1) is 14.7. The van der Waals surface area contributed by atoms with E-state index >= 15 is 0 Å². The van der Waals surface area contributed by atoms with Crippen LogP contribution in [0.4, 0.5) is 0 Å². The fourth-order valence-electron chi connectivity index (χ4n) is 3.14. The zero-order valence-corrected chi connectivity index (χ0v) is 13.2. The number of rotatable bonds is 2. The van der Waals surface area contributed by atoms with Gasteiger partial charge in [0, 0.05) is 48.7 Å². The number of carbonyl (C=O) groups excluding carboxylic acids is 1. The number of likely N-dealkylation sites (tertiary alicyclic amines) is 1. The van der Waals surface area contributed by atoms with E-state index in [4.69, 9.17) is 4.98 Å². The third-order valence-corrected chi connectivity index (χ3v) is 4.47. The number of hydrogen-bond donors (Lipinski definition) is 0. The van der Waals surface area contributed by atoms with Gasteiger partial charge >= 0.3 is 0 Å². The standard InChI is InChI=1S/C18H17N5O/c24-18(16-12-19-8-9-20-16)23-10-5-13(6-11-23)15-4-3-14-2-1-7-21-17(14)22-15/h1-4,7-9,12-13H,5-6,10-11H2. The highest BCUT2D eigenvalue weighted by atomic mass is 16.2. The highest BCUT2D eigenvalue weighted by Gasteiger charge is 2.26. The normalized spacial score (nSPS) is 15.6. The van der Waals surface area contributed by atoms with Crippen LogP contribution < -0.4 is 0 Å². The molecule has 0 aliphatic carbocycles. The van der Waals surface area contributed by atoms with Crippen LogP contribution in [0.2, 0.25) is 0 Å². The van der Waals surface area contributed by atoms with E-state index in [2.05, 4.69) is 27.1 Å². The first-order chi connectivity index (χ1) is 11.8. The molecule has 0 bridgehead atoms. The zero-order chi connectivity index (χ0) is 16.4. The Kier molecular flexibility index (Phi) is 3.86. The molecule has 1 amide bonds. The minimum Gasteiger partial charge on any atom is -0.337 e. The molecule has 6 heteroatoms. The zero-order valence-electron chi connectivity index (χ0n) is 13.2. The van der Waals surface area contributed by atoms with Gasteiger partial charge in [0.2, 0.25) is 0 Å². The van der Waals surface area contributed by atoms with Crippen LogP contribution in [0.15, 0.2) is 49.1 Å². The van der Waals surface area contributed by atoms with Gasteiger partial charge in [-0.2, -0.15) is 0 Å². The second kappa shape index (κ2) is 6.31. The van der Waals surface area contributed by atoms with Crippen LogP contribution in [0.1, 0.15) is 34.9 Å². The van der Waals surface area contributed by atoms with E-state index in [-0.39, 0.29) is 5.91 Å². The summed E-state index contributed by atoms with van der Waals surface area (Å²) in [5, 5.41) is 1.05. The van der Waals surface area contributed by atoms with Crippen molar-refractivity contribution in [3.63, 3.8) is 0 Å². The van der Waals surface area contributed by atoms with Crippen molar-refractivity contribution in [2.24, 2.45) is 0 Å². The van der Waals surface area contributed by atoms with Crippen LogP contribution in [0.3, 0.4) is 0 Å². The maximum atomic E-state index is 12.4. The molecule has 0 radical (unpaired) electrons. The molecule has 4 heterocycles. The van der Waals surface area contributed by atoms with Crippen molar-refractivity contribution in [1.82, 2.24) is 24.8 Å². The Morgan fingerprint density at radius 2 is 1.92 bits per heavy atom. The quantitative estimate of drug-likeness (QED) is 0.725. The maximum absolute atomic E-state index is 12.4. The molecule has 0 unspecified atom stereocenters. The summed E-state index contributed by atoms with van der Waals surface area (Å²) < 4.78 is 0. The van der Waals surface area contributed by atoms with E-state index in [1.54, 1.807) is 18.6 Å². The molecular weight excluding hydrogens is 302 g/mol. The predicted octanol–water partition coefficient (Wildman–Crippen LogP) is 2.44. The molecule has 0 saturated carbocycles. The van der Waals surface area contributed by atoms with Crippen LogP contribution in [0.25, 0.3) is 11.0 Å². The lowest BCUT2D eigenvalue weighted by Gasteiger charge is -2.31. The number of fused-ring (bicyclic) bond motifs is 1. The summed E-state index contributed by atoms with van der Waals surface area (Å²) in [6.07, 6.45) is 8.20. The minimum absolute atomic E-state index is 0.0466. The van der Waals surface area contributed by atoms with E-state index in [1.165, 1.54) is 6.20 Å². The third-order valence-electron chi connectivity index (χ3n) is 4.47. The molecule has 24 heavy (non-hydrogen) atoms. The van der Waals surface area contributed by atoms with Crippen molar-refractivity contribution in [2.45, 2.75) is 18.8 Å². The van der Waals surface area contributed by atoms with Crippen molar-refractivity contribution in [2.75, 3.05) is 13.1 Å². The van der Waals surface area contributed by atoms with Crippen molar-refractivity contribution in [1.29, 1.82) is 0 Å². The molecule has 0 N–H and O–H groups in total. The first-order valence-electron chi connectivity index (χ1n) is 8.08. The first-order valence-corrected chi connectivity index (χ1v) is 8.08. The average Bonchev–Trinajstić information content (AvgIpc) is 2.68. The number of amides is 1. The predicted molar refractivity (Wildman–Crippen MR) is 89.4 cm³/mol. The molecule has 6 nitrogen and oxygen atoms in total. The minimum atomic E-state index is -0.0466. The van der Waals surface area contributed by atoms with Crippen molar-refractivity contribution in [3.05, 3.63) is 60.4 Å². The number of hydrogen-bond acceptors (Lipinski definition) is 5. The summed E-state index contributed by atoms with van der Waals surface area (Å²) in [5.74, 6) is 0.317. The SMILES string of the molecule is O=C(c1cnccn1)N1CCC(c2ccc3cccnc3n2)CC1. The van der Waals surface area contributed by atoms with Crippen LogP contribution in [0, 0.1) is 0 Å². The lowest BCUT2D eigenvalue weighted by Crippen LogP contribution is -2.38. The van der Waals surface area contributed by atoms with Crippen LogP contribution >= 0.6 is 0 Å². The van der Waals surface area contributed by atoms with Gasteiger partial charge in [-0.25, -0.2) is 15.0 Å². The van der Waals surface area contributed by atoms with Gasteiger partial charge in [0.1, 0.15) is 5.69 Å². The second-order valence-corrected chi connectivity index (χ2v) is 5.94. The highest BCUT2D eigenvalue weighted by molar-refractivity contribution is 5.92. The Morgan fingerprint density at radius 3 is 2.71 bits per heavy atom. The van der Waals surface area contributed by atoms with Gasteiger partial charge in [-0.05, 0) is 37.1 Å². The number of carbonyl (C=O) groups is 1. The fourth-order valence-corrected chi connectivity index (χ4v) is 3.14. The summed E-state index contributed by atoms with van der Waals surface area (Å²) in [7, 11) is 0. The Hall–Kier alpha value is -2.89. The number of pyridine rings is 2. The van der Waals surface area contributed by atoms with Gasteiger partial charge in [0.05, 0.1) is 6.20 Å². The van der Waals surface area contributed by atoms with Crippen LogP contribution in [-0.4, -0.2) is 43.8 Å². The Labute approximate surface area is 139 Å². The van der Waals surface area contributed by atoms with E-state index in [0.717, 1.165) is 29.6 Å². The van der Waals surface area contributed by atoms with Gasteiger partial charge in [-0.3, -0.25) is 9.78 Å².